The number of nitrogens with zero attached hydrogens (tertiary/aromatic N) is 4. The van der Waals surface area contributed by atoms with Crippen LogP contribution in [0, 0.1) is 0 Å². The number of para-hydroxylation sites is 1. The highest BCUT2D eigenvalue weighted by molar-refractivity contribution is 14.0. The normalized spacial score (nSPS) is 11.2. The van der Waals surface area contributed by atoms with Crippen molar-refractivity contribution < 1.29 is 9.15 Å². The molecule has 8 nitrogen and oxygen atoms in total. The first-order valence-corrected chi connectivity index (χ1v) is 11.0. The van der Waals surface area contributed by atoms with Crippen LogP contribution < -0.4 is 15.4 Å². The number of anilines is 1. The van der Waals surface area contributed by atoms with Gasteiger partial charge in [0.15, 0.2) is 11.8 Å². The van der Waals surface area contributed by atoms with E-state index in [1.165, 1.54) is 0 Å². The molecule has 2 aromatic carbocycles. The number of benzene rings is 2. The molecule has 0 aliphatic heterocycles. The Morgan fingerprint density at radius 2 is 1.85 bits per heavy atom. The van der Waals surface area contributed by atoms with Crippen LogP contribution in [0.4, 0.5) is 5.69 Å². The molecule has 0 atom stereocenters. The van der Waals surface area contributed by atoms with Gasteiger partial charge in [0.05, 0.1) is 12.4 Å². The maximum absolute atomic E-state index is 5.73. The first-order chi connectivity index (χ1) is 16.2. The minimum Gasteiger partial charge on any atom is -0.491 e. The minimum absolute atomic E-state index is 0. The van der Waals surface area contributed by atoms with Crippen molar-refractivity contribution in [1.82, 2.24) is 20.1 Å². The topological polar surface area (TPSA) is 89.5 Å². The van der Waals surface area contributed by atoms with E-state index in [1.807, 2.05) is 85.1 Å². The quantitative estimate of drug-likeness (QED) is 0.166. The summed E-state index contributed by atoms with van der Waals surface area (Å²) in [6.07, 6.45) is 4.26. The molecule has 0 aliphatic carbocycles. The van der Waals surface area contributed by atoms with Crippen LogP contribution >= 0.6 is 24.0 Å². The molecule has 2 N–H and O–H groups in total. The second-order valence-corrected chi connectivity index (χ2v) is 7.69. The number of aromatic nitrogens is 3. The van der Waals surface area contributed by atoms with E-state index in [0.29, 0.717) is 19.0 Å². The molecule has 34 heavy (non-hydrogen) atoms. The largest absolute Gasteiger partial charge is 0.491 e. The van der Waals surface area contributed by atoms with Crippen LogP contribution in [0.25, 0.3) is 5.69 Å². The fourth-order valence-electron chi connectivity index (χ4n) is 3.25. The van der Waals surface area contributed by atoms with Crippen LogP contribution in [0.2, 0.25) is 0 Å². The molecule has 0 radical (unpaired) electrons. The van der Waals surface area contributed by atoms with E-state index < -0.39 is 0 Å². The zero-order chi connectivity index (χ0) is 22.9. The van der Waals surface area contributed by atoms with Gasteiger partial charge in [-0.2, -0.15) is 0 Å². The van der Waals surface area contributed by atoms with Gasteiger partial charge < -0.3 is 19.8 Å². The summed E-state index contributed by atoms with van der Waals surface area (Å²) in [4.78, 5) is 4.75. The predicted molar refractivity (Wildman–Crippen MR) is 144 cm³/mol. The van der Waals surface area contributed by atoms with Gasteiger partial charge >= 0.3 is 0 Å². The first-order valence-electron chi connectivity index (χ1n) is 11.0. The first kappa shape index (κ1) is 25.3. The molecule has 178 valence electrons. The van der Waals surface area contributed by atoms with Gasteiger partial charge in [0.25, 0.3) is 0 Å². The van der Waals surface area contributed by atoms with E-state index in [4.69, 9.17) is 14.1 Å². The number of ether oxygens (including phenoxy) is 1. The molecular formula is C25H29IN6O2. The second-order valence-electron chi connectivity index (χ2n) is 7.69. The summed E-state index contributed by atoms with van der Waals surface area (Å²) >= 11 is 0. The molecule has 0 spiro atoms. The lowest BCUT2D eigenvalue weighted by Crippen LogP contribution is -2.32. The lowest BCUT2D eigenvalue weighted by Gasteiger charge is -2.14. The number of hydrogen-bond donors (Lipinski definition) is 2. The lowest BCUT2D eigenvalue weighted by atomic mass is 10.3. The number of furan rings is 1. The molecule has 0 unspecified atom stereocenters. The molecule has 4 rings (SSSR count). The van der Waals surface area contributed by atoms with E-state index in [2.05, 4.69) is 20.8 Å². The van der Waals surface area contributed by atoms with Crippen molar-refractivity contribution in [2.45, 2.75) is 32.9 Å². The summed E-state index contributed by atoms with van der Waals surface area (Å²) < 4.78 is 13.1. The fraction of sp³-hybridized carbons (Fsp3) is 0.240. The van der Waals surface area contributed by atoms with Crippen LogP contribution in [-0.4, -0.2) is 33.4 Å². The van der Waals surface area contributed by atoms with Crippen molar-refractivity contribution in [2.75, 3.05) is 11.9 Å². The Kier molecular flexibility index (Phi) is 9.51. The fourth-order valence-corrected chi connectivity index (χ4v) is 3.25. The van der Waals surface area contributed by atoms with E-state index in [1.54, 1.807) is 12.6 Å². The summed E-state index contributed by atoms with van der Waals surface area (Å²) in [5.41, 5.74) is 1.90. The average molecular weight is 572 g/mol. The van der Waals surface area contributed by atoms with Gasteiger partial charge in [-0.3, -0.25) is 4.57 Å². The number of rotatable bonds is 9. The van der Waals surface area contributed by atoms with Crippen LogP contribution in [0.5, 0.6) is 5.75 Å². The molecule has 2 heterocycles. The Bertz CT molecular complexity index is 1140. The van der Waals surface area contributed by atoms with Gasteiger partial charge in [0, 0.05) is 24.3 Å². The van der Waals surface area contributed by atoms with Gasteiger partial charge in [-0.25, -0.2) is 4.99 Å². The SMILES string of the molecule is CC(C)Oc1ccc(NC(=NCc2nncn2-c2ccccc2)NCCc2ccco2)cc1.I. The molecule has 4 aromatic rings. The molecule has 0 saturated heterocycles. The van der Waals surface area contributed by atoms with Crippen molar-refractivity contribution in [3.8, 4) is 11.4 Å². The average Bonchev–Trinajstić information content (AvgIpc) is 3.51. The minimum atomic E-state index is 0. The number of nitrogens with one attached hydrogen (secondary N) is 2. The smallest absolute Gasteiger partial charge is 0.196 e. The summed E-state index contributed by atoms with van der Waals surface area (Å²) in [5.74, 6) is 3.13. The highest BCUT2D eigenvalue weighted by Gasteiger charge is 2.08. The Morgan fingerprint density at radius 1 is 1.06 bits per heavy atom. The maximum atomic E-state index is 5.73. The molecular weight excluding hydrogens is 543 g/mol. The third-order valence-corrected chi connectivity index (χ3v) is 4.76. The van der Waals surface area contributed by atoms with Crippen molar-refractivity contribution in [3.05, 3.63) is 90.9 Å². The van der Waals surface area contributed by atoms with Crippen molar-refractivity contribution in [3.63, 3.8) is 0 Å². The highest BCUT2D eigenvalue weighted by Crippen LogP contribution is 2.17. The monoisotopic (exact) mass is 572 g/mol. The molecule has 0 fully saturated rings. The van der Waals surface area contributed by atoms with E-state index in [9.17, 15) is 0 Å². The third-order valence-electron chi connectivity index (χ3n) is 4.76. The standard InChI is InChI=1S/C25H28N6O2.HI/c1-19(2)33-23-12-10-20(11-13-23)29-25(26-15-14-22-9-6-16-32-22)27-17-24-30-28-18-31(24)21-7-4-3-5-8-21;/h3-13,16,18-19H,14-15,17H2,1-2H3,(H2,26,27,29);1H. The van der Waals surface area contributed by atoms with Gasteiger partial charge in [-0.15, -0.1) is 34.2 Å². The predicted octanol–water partition coefficient (Wildman–Crippen LogP) is 5.07. The van der Waals surface area contributed by atoms with Crippen LogP contribution in [0.15, 0.2) is 88.7 Å². The Morgan fingerprint density at radius 3 is 2.56 bits per heavy atom. The van der Waals surface area contributed by atoms with Crippen LogP contribution in [-0.2, 0) is 13.0 Å². The summed E-state index contributed by atoms with van der Waals surface area (Å²) in [6, 6.07) is 21.6. The molecule has 0 amide bonds. The summed E-state index contributed by atoms with van der Waals surface area (Å²) in [6.45, 7) is 5.04. The Hall–Kier alpha value is -3.34. The van der Waals surface area contributed by atoms with E-state index in [0.717, 1.165) is 35.1 Å². The number of aliphatic imine (C=N–C) groups is 1. The zero-order valence-corrected chi connectivity index (χ0v) is 21.5. The van der Waals surface area contributed by atoms with E-state index >= 15 is 0 Å². The van der Waals surface area contributed by atoms with Crippen LogP contribution in [0.1, 0.15) is 25.4 Å². The molecule has 9 heteroatoms. The number of hydrogen-bond acceptors (Lipinski definition) is 5. The molecule has 0 bridgehead atoms. The maximum Gasteiger partial charge on any atom is 0.196 e. The summed E-state index contributed by atoms with van der Waals surface area (Å²) in [5, 5.41) is 15.0. The van der Waals surface area contributed by atoms with Gasteiger partial charge in [-0.1, -0.05) is 18.2 Å². The lowest BCUT2D eigenvalue weighted by molar-refractivity contribution is 0.242. The third kappa shape index (κ3) is 7.34. The van der Waals surface area contributed by atoms with Gasteiger partial charge in [-0.05, 0) is 62.4 Å². The Balaban J connectivity index is 0.00000324. The molecule has 2 aromatic heterocycles. The van der Waals surface area contributed by atoms with Crippen molar-refractivity contribution >= 4 is 35.6 Å². The summed E-state index contributed by atoms with van der Waals surface area (Å²) in [7, 11) is 0. The van der Waals surface area contributed by atoms with Crippen LogP contribution in [0.3, 0.4) is 0 Å². The van der Waals surface area contributed by atoms with Crippen molar-refractivity contribution in [2.24, 2.45) is 4.99 Å². The van der Waals surface area contributed by atoms with Gasteiger partial charge in [0.2, 0.25) is 0 Å². The van der Waals surface area contributed by atoms with Crippen molar-refractivity contribution in [1.29, 1.82) is 0 Å². The molecule has 0 saturated carbocycles. The highest BCUT2D eigenvalue weighted by atomic mass is 127. The molecule has 0 aliphatic rings. The number of halogens is 1. The van der Waals surface area contributed by atoms with E-state index in [-0.39, 0.29) is 30.1 Å². The zero-order valence-electron chi connectivity index (χ0n) is 19.2. The number of guanidine groups is 1. The van der Waals surface area contributed by atoms with Gasteiger partial charge in [0.1, 0.15) is 24.4 Å². The second kappa shape index (κ2) is 12.8. The Labute approximate surface area is 216 Å².